The molecule has 0 bridgehead atoms. The standard InChI is InChI=1S/C9H17NO2/c1-9(2)6-7(4-3-5-11)8(12)10-9/h7,11H,3-6H2,1-2H3,(H,10,12). The van der Waals surface area contributed by atoms with Crippen molar-refractivity contribution in [3.63, 3.8) is 0 Å². The average molecular weight is 171 g/mol. The second-order valence-corrected chi connectivity index (χ2v) is 4.14. The molecule has 2 N–H and O–H groups in total. The molecule has 12 heavy (non-hydrogen) atoms. The van der Waals surface area contributed by atoms with Gasteiger partial charge in [0.05, 0.1) is 0 Å². The Morgan fingerprint density at radius 1 is 1.67 bits per heavy atom. The highest BCUT2D eigenvalue weighted by molar-refractivity contribution is 5.81. The number of aliphatic hydroxyl groups excluding tert-OH is 1. The van der Waals surface area contributed by atoms with E-state index in [0.29, 0.717) is 0 Å². The fourth-order valence-corrected chi connectivity index (χ4v) is 1.77. The first-order valence-corrected chi connectivity index (χ1v) is 4.48. The predicted molar refractivity (Wildman–Crippen MR) is 46.6 cm³/mol. The van der Waals surface area contributed by atoms with Crippen LogP contribution in [-0.2, 0) is 4.79 Å². The van der Waals surface area contributed by atoms with Gasteiger partial charge >= 0.3 is 0 Å². The molecule has 0 aromatic heterocycles. The summed E-state index contributed by atoms with van der Waals surface area (Å²) in [6.07, 6.45) is 2.44. The van der Waals surface area contributed by atoms with Gasteiger partial charge < -0.3 is 10.4 Å². The Kier molecular flexibility index (Phi) is 2.73. The molecule has 0 aliphatic carbocycles. The van der Waals surface area contributed by atoms with Crippen LogP contribution in [0.4, 0.5) is 0 Å². The number of carbonyl (C=O) groups is 1. The highest BCUT2D eigenvalue weighted by atomic mass is 16.3. The topological polar surface area (TPSA) is 49.3 Å². The van der Waals surface area contributed by atoms with E-state index in [-0.39, 0.29) is 24.0 Å². The van der Waals surface area contributed by atoms with Crippen molar-refractivity contribution in [2.24, 2.45) is 5.92 Å². The van der Waals surface area contributed by atoms with Gasteiger partial charge in [-0.15, -0.1) is 0 Å². The zero-order valence-corrected chi connectivity index (χ0v) is 7.76. The first kappa shape index (κ1) is 9.52. The Labute approximate surface area is 73.2 Å². The summed E-state index contributed by atoms with van der Waals surface area (Å²) in [6, 6.07) is 0. The van der Waals surface area contributed by atoms with Crippen LogP contribution < -0.4 is 5.32 Å². The van der Waals surface area contributed by atoms with Crippen molar-refractivity contribution < 1.29 is 9.90 Å². The predicted octanol–water partition coefficient (Wildman–Crippen LogP) is 0.674. The van der Waals surface area contributed by atoms with Gasteiger partial charge in [-0.2, -0.15) is 0 Å². The van der Waals surface area contributed by atoms with E-state index in [1.54, 1.807) is 0 Å². The van der Waals surface area contributed by atoms with Crippen LogP contribution >= 0.6 is 0 Å². The van der Waals surface area contributed by atoms with Gasteiger partial charge in [0, 0.05) is 18.1 Å². The zero-order chi connectivity index (χ0) is 9.19. The van der Waals surface area contributed by atoms with Gasteiger partial charge in [0.2, 0.25) is 5.91 Å². The van der Waals surface area contributed by atoms with E-state index in [1.807, 2.05) is 13.8 Å². The van der Waals surface area contributed by atoms with Gasteiger partial charge in [-0.3, -0.25) is 4.79 Å². The number of hydrogen-bond donors (Lipinski definition) is 2. The number of nitrogens with one attached hydrogen (secondary N) is 1. The monoisotopic (exact) mass is 171 g/mol. The summed E-state index contributed by atoms with van der Waals surface area (Å²) < 4.78 is 0. The maximum Gasteiger partial charge on any atom is 0.223 e. The summed E-state index contributed by atoms with van der Waals surface area (Å²) >= 11 is 0. The Hall–Kier alpha value is -0.570. The van der Waals surface area contributed by atoms with Crippen LogP contribution in [0.25, 0.3) is 0 Å². The van der Waals surface area contributed by atoms with Crippen LogP contribution in [0.3, 0.4) is 0 Å². The summed E-state index contributed by atoms with van der Waals surface area (Å²) in [5.41, 5.74) is -0.0444. The molecule has 3 nitrogen and oxygen atoms in total. The van der Waals surface area contributed by atoms with Crippen LogP contribution in [0.5, 0.6) is 0 Å². The Balaban J connectivity index is 2.42. The maximum atomic E-state index is 11.3. The summed E-state index contributed by atoms with van der Waals surface area (Å²) in [5.74, 6) is 0.264. The highest BCUT2D eigenvalue weighted by Gasteiger charge is 2.36. The summed E-state index contributed by atoms with van der Waals surface area (Å²) in [5, 5.41) is 11.5. The number of hydrogen-bond acceptors (Lipinski definition) is 2. The molecule has 1 atom stereocenters. The molecule has 0 spiro atoms. The molecule has 1 aliphatic heterocycles. The molecular formula is C9H17NO2. The minimum Gasteiger partial charge on any atom is -0.396 e. The van der Waals surface area contributed by atoms with Crippen LogP contribution in [0, 0.1) is 5.92 Å². The fraction of sp³-hybridized carbons (Fsp3) is 0.889. The molecule has 0 aromatic rings. The van der Waals surface area contributed by atoms with Gasteiger partial charge in [-0.05, 0) is 33.1 Å². The molecule has 3 heteroatoms. The maximum absolute atomic E-state index is 11.3. The van der Waals surface area contributed by atoms with Crippen LogP contribution in [-0.4, -0.2) is 23.2 Å². The molecular weight excluding hydrogens is 154 g/mol. The molecule has 0 radical (unpaired) electrons. The summed E-state index contributed by atoms with van der Waals surface area (Å²) in [6.45, 7) is 4.25. The minimum atomic E-state index is -0.0444. The molecule has 1 amide bonds. The van der Waals surface area contributed by atoms with Crippen molar-refractivity contribution in [3.8, 4) is 0 Å². The van der Waals surface area contributed by atoms with Crippen molar-refractivity contribution in [2.75, 3.05) is 6.61 Å². The average Bonchev–Trinajstić information content (AvgIpc) is 2.20. The van der Waals surface area contributed by atoms with Crippen LogP contribution in [0.1, 0.15) is 33.1 Å². The third kappa shape index (κ3) is 2.21. The normalized spacial score (nSPS) is 27.2. The van der Waals surface area contributed by atoms with Crippen molar-refractivity contribution >= 4 is 5.91 Å². The number of rotatable bonds is 3. The van der Waals surface area contributed by atoms with E-state index in [2.05, 4.69) is 5.32 Å². The minimum absolute atomic E-state index is 0.0444. The molecule has 1 heterocycles. The zero-order valence-electron chi connectivity index (χ0n) is 7.76. The Morgan fingerprint density at radius 2 is 2.33 bits per heavy atom. The Bertz CT molecular complexity index is 177. The Morgan fingerprint density at radius 3 is 2.75 bits per heavy atom. The van der Waals surface area contributed by atoms with E-state index in [9.17, 15) is 4.79 Å². The quantitative estimate of drug-likeness (QED) is 0.656. The molecule has 0 aromatic carbocycles. The van der Waals surface area contributed by atoms with Crippen molar-refractivity contribution in [2.45, 2.75) is 38.6 Å². The van der Waals surface area contributed by atoms with Crippen molar-refractivity contribution in [1.82, 2.24) is 5.32 Å². The fourth-order valence-electron chi connectivity index (χ4n) is 1.77. The second-order valence-electron chi connectivity index (χ2n) is 4.14. The van der Waals surface area contributed by atoms with Gasteiger partial charge in [0.1, 0.15) is 0 Å². The van der Waals surface area contributed by atoms with Gasteiger partial charge in [0.25, 0.3) is 0 Å². The van der Waals surface area contributed by atoms with E-state index < -0.39 is 0 Å². The summed E-state index contributed by atoms with van der Waals surface area (Å²) in [7, 11) is 0. The number of amides is 1. The van der Waals surface area contributed by atoms with E-state index in [1.165, 1.54) is 0 Å². The lowest BCUT2D eigenvalue weighted by Gasteiger charge is -2.16. The number of aliphatic hydroxyl groups is 1. The van der Waals surface area contributed by atoms with Gasteiger partial charge in [-0.1, -0.05) is 0 Å². The van der Waals surface area contributed by atoms with Crippen molar-refractivity contribution in [3.05, 3.63) is 0 Å². The molecule has 70 valence electrons. The molecule has 1 saturated heterocycles. The smallest absolute Gasteiger partial charge is 0.223 e. The lowest BCUT2D eigenvalue weighted by Crippen LogP contribution is -2.34. The van der Waals surface area contributed by atoms with Crippen LogP contribution in [0.2, 0.25) is 0 Å². The molecule has 0 saturated carbocycles. The second kappa shape index (κ2) is 3.44. The van der Waals surface area contributed by atoms with Crippen molar-refractivity contribution in [1.29, 1.82) is 0 Å². The van der Waals surface area contributed by atoms with Gasteiger partial charge in [0.15, 0.2) is 0 Å². The number of carbonyl (C=O) groups excluding carboxylic acids is 1. The molecule has 1 unspecified atom stereocenters. The SMILES string of the molecule is CC1(C)CC(CCCO)C(=O)N1. The largest absolute Gasteiger partial charge is 0.396 e. The molecule has 1 aliphatic rings. The highest BCUT2D eigenvalue weighted by Crippen LogP contribution is 2.27. The van der Waals surface area contributed by atoms with Gasteiger partial charge in [-0.25, -0.2) is 0 Å². The third-order valence-corrected chi connectivity index (χ3v) is 2.30. The lowest BCUT2D eigenvalue weighted by molar-refractivity contribution is -0.123. The molecule has 1 fully saturated rings. The first-order chi connectivity index (χ1) is 5.55. The van der Waals surface area contributed by atoms with E-state index >= 15 is 0 Å². The molecule has 1 rings (SSSR count). The van der Waals surface area contributed by atoms with Crippen LogP contribution in [0.15, 0.2) is 0 Å². The first-order valence-electron chi connectivity index (χ1n) is 4.48. The van der Waals surface area contributed by atoms with E-state index in [4.69, 9.17) is 5.11 Å². The van der Waals surface area contributed by atoms with E-state index in [0.717, 1.165) is 19.3 Å². The summed E-state index contributed by atoms with van der Waals surface area (Å²) in [4.78, 5) is 11.3. The lowest BCUT2D eigenvalue weighted by atomic mass is 9.93. The third-order valence-electron chi connectivity index (χ3n) is 2.30.